The highest BCUT2D eigenvalue weighted by Gasteiger charge is 2.09. The van der Waals surface area contributed by atoms with Crippen molar-refractivity contribution in [3.8, 4) is 0 Å². The van der Waals surface area contributed by atoms with Gasteiger partial charge in [-0.15, -0.1) is 0 Å². The molecule has 0 unspecified atom stereocenters. The molecule has 14 heavy (non-hydrogen) atoms. The molecule has 0 atom stereocenters. The summed E-state index contributed by atoms with van der Waals surface area (Å²) in [5.74, 6) is -0.426. The van der Waals surface area contributed by atoms with E-state index in [1.807, 2.05) is 6.92 Å². The fourth-order valence-corrected chi connectivity index (χ4v) is 1.27. The number of hydrogen-bond donors (Lipinski definition) is 0. The third kappa shape index (κ3) is 2.70. The Labute approximate surface area is 88.1 Å². The van der Waals surface area contributed by atoms with Crippen LogP contribution < -0.4 is 0 Å². The van der Waals surface area contributed by atoms with E-state index in [9.17, 15) is 4.79 Å². The van der Waals surface area contributed by atoms with Crippen LogP contribution in [0.15, 0.2) is 12.1 Å². The van der Waals surface area contributed by atoms with Crippen molar-refractivity contribution >= 4 is 17.6 Å². The van der Waals surface area contributed by atoms with Crippen molar-refractivity contribution in [3.05, 3.63) is 28.5 Å². The molecule has 0 aromatic carbocycles. The van der Waals surface area contributed by atoms with Gasteiger partial charge in [0.05, 0.1) is 6.61 Å². The van der Waals surface area contributed by atoms with Gasteiger partial charge in [-0.25, -0.2) is 9.78 Å². The molecule has 0 aliphatic rings. The minimum Gasteiger partial charge on any atom is -0.461 e. The summed E-state index contributed by atoms with van der Waals surface area (Å²) in [6.07, 6.45) is 0.743. The first-order chi connectivity index (χ1) is 6.67. The van der Waals surface area contributed by atoms with Gasteiger partial charge in [0, 0.05) is 10.7 Å². The summed E-state index contributed by atoms with van der Waals surface area (Å²) < 4.78 is 4.82. The van der Waals surface area contributed by atoms with Gasteiger partial charge in [-0.1, -0.05) is 18.5 Å². The molecule has 1 heterocycles. The normalized spacial score (nSPS) is 9.93. The molecule has 4 heteroatoms. The number of halogens is 1. The topological polar surface area (TPSA) is 39.2 Å². The Morgan fingerprint density at radius 3 is 2.79 bits per heavy atom. The SMILES string of the molecule is CCOC(=O)c1cc(Cl)cc(CC)n1. The average Bonchev–Trinajstić information content (AvgIpc) is 2.17. The van der Waals surface area contributed by atoms with E-state index in [2.05, 4.69) is 4.98 Å². The van der Waals surface area contributed by atoms with Crippen LogP contribution in [0.25, 0.3) is 0 Å². The molecule has 0 spiro atoms. The monoisotopic (exact) mass is 213 g/mol. The Bertz CT molecular complexity index is 339. The zero-order valence-corrected chi connectivity index (χ0v) is 8.97. The number of hydrogen-bond acceptors (Lipinski definition) is 3. The number of ether oxygens (including phenoxy) is 1. The third-order valence-electron chi connectivity index (χ3n) is 1.69. The molecule has 1 aromatic heterocycles. The van der Waals surface area contributed by atoms with Crippen LogP contribution >= 0.6 is 11.6 Å². The zero-order valence-electron chi connectivity index (χ0n) is 8.21. The number of aromatic nitrogens is 1. The minimum atomic E-state index is -0.426. The summed E-state index contributed by atoms with van der Waals surface area (Å²) >= 11 is 5.83. The molecular formula is C10H12ClNO2. The van der Waals surface area contributed by atoms with Crippen molar-refractivity contribution in [1.29, 1.82) is 0 Å². The lowest BCUT2D eigenvalue weighted by atomic mass is 10.2. The van der Waals surface area contributed by atoms with E-state index >= 15 is 0 Å². The van der Waals surface area contributed by atoms with Gasteiger partial charge in [0.25, 0.3) is 0 Å². The number of rotatable bonds is 3. The molecule has 0 bridgehead atoms. The lowest BCUT2D eigenvalue weighted by Gasteiger charge is -2.03. The Kier molecular flexibility index (Phi) is 3.89. The van der Waals surface area contributed by atoms with E-state index in [-0.39, 0.29) is 5.69 Å². The van der Waals surface area contributed by atoms with Crippen LogP contribution in [0.2, 0.25) is 5.02 Å². The van der Waals surface area contributed by atoms with Gasteiger partial charge in [-0.05, 0) is 25.5 Å². The van der Waals surface area contributed by atoms with E-state index in [0.29, 0.717) is 11.6 Å². The highest BCUT2D eigenvalue weighted by atomic mass is 35.5. The van der Waals surface area contributed by atoms with Gasteiger partial charge >= 0.3 is 5.97 Å². The van der Waals surface area contributed by atoms with Gasteiger partial charge in [0.1, 0.15) is 5.69 Å². The maximum absolute atomic E-state index is 11.3. The van der Waals surface area contributed by atoms with Gasteiger partial charge in [0.2, 0.25) is 0 Å². The number of carbonyl (C=O) groups is 1. The highest BCUT2D eigenvalue weighted by Crippen LogP contribution is 2.13. The summed E-state index contributed by atoms with van der Waals surface area (Å²) in [7, 11) is 0. The van der Waals surface area contributed by atoms with Gasteiger partial charge < -0.3 is 4.74 Å². The van der Waals surface area contributed by atoms with Crippen molar-refractivity contribution in [1.82, 2.24) is 4.98 Å². The molecule has 1 aromatic rings. The number of nitrogens with zero attached hydrogens (tertiary/aromatic N) is 1. The second-order valence-corrected chi connectivity index (χ2v) is 3.17. The van der Waals surface area contributed by atoms with E-state index in [1.54, 1.807) is 13.0 Å². The van der Waals surface area contributed by atoms with E-state index in [0.717, 1.165) is 12.1 Å². The minimum absolute atomic E-state index is 0.274. The molecule has 76 valence electrons. The number of aryl methyl sites for hydroxylation is 1. The van der Waals surface area contributed by atoms with Crippen molar-refractivity contribution in [3.63, 3.8) is 0 Å². The molecule has 1 rings (SSSR count). The Morgan fingerprint density at radius 1 is 1.50 bits per heavy atom. The number of esters is 1. The molecule has 0 radical (unpaired) electrons. The van der Waals surface area contributed by atoms with Crippen molar-refractivity contribution < 1.29 is 9.53 Å². The third-order valence-corrected chi connectivity index (χ3v) is 1.91. The molecule has 0 amide bonds. The molecule has 0 N–H and O–H groups in total. The predicted octanol–water partition coefficient (Wildman–Crippen LogP) is 2.47. The summed E-state index contributed by atoms with van der Waals surface area (Å²) in [6.45, 7) is 4.05. The standard InChI is InChI=1S/C10H12ClNO2/c1-3-8-5-7(11)6-9(12-8)10(13)14-4-2/h5-6H,3-4H2,1-2H3. The largest absolute Gasteiger partial charge is 0.461 e. The molecule has 0 fully saturated rings. The first-order valence-corrected chi connectivity index (χ1v) is 4.88. The lowest BCUT2D eigenvalue weighted by molar-refractivity contribution is 0.0519. The smallest absolute Gasteiger partial charge is 0.356 e. The van der Waals surface area contributed by atoms with Gasteiger partial charge in [-0.3, -0.25) is 0 Å². The van der Waals surface area contributed by atoms with Crippen LogP contribution in [0.4, 0.5) is 0 Å². The van der Waals surface area contributed by atoms with Crippen LogP contribution in [-0.2, 0) is 11.2 Å². The van der Waals surface area contributed by atoms with E-state index in [4.69, 9.17) is 16.3 Å². The van der Waals surface area contributed by atoms with Crippen LogP contribution in [0.5, 0.6) is 0 Å². The molecule has 0 saturated carbocycles. The second-order valence-electron chi connectivity index (χ2n) is 2.74. The predicted molar refractivity (Wildman–Crippen MR) is 54.6 cm³/mol. The fraction of sp³-hybridized carbons (Fsp3) is 0.400. The first-order valence-electron chi connectivity index (χ1n) is 4.51. The molecular weight excluding hydrogens is 202 g/mol. The lowest BCUT2D eigenvalue weighted by Crippen LogP contribution is -2.08. The van der Waals surface area contributed by atoms with Crippen LogP contribution in [0.1, 0.15) is 30.0 Å². The van der Waals surface area contributed by atoms with Crippen molar-refractivity contribution in [2.75, 3.05) is 6.61 Å². The van der Waals surface area contributed by atoms with Gasteiger partial charge in [-0.2, -0.15) is 0 Å². The van der Waals surface area contributed by atoms with E-state index < -0.39 is 5.97 Å². The summed E-state index contributed by atoms with van der Waals surface area (Å²) in [5.41, 5.74) is 1.07. The Morgan fingerprint density at radius 2 is 2.21 bits per heavy atom. The maximum Gasteiger partial charge on any atom is 0.356 e. The molecule has 0 saturated heterocycles. The van der Waals surface area contributed by atoms with Gasteiger partial charge in [0.15, 0.2) is 0 Å². The molecule has 0 aliphatic carbocycles. The molecule has 3 nitrogen and oxygen atoms in total. The van der Waals surface area contributed by atoms with Crippen LogP contribution in [-0.4, -0.2) is 17.6 Å². The highest BCUT2D eigenvalue weighted by molar-refractivity contribution is 6.30. The zero-order chi connectivity index (χ0) is 10.6. The average molecular weight is 214 g/mol. The van der Waals surface area contributed by atoms with Crippen molar-refractivity contribution in [2.24, 2.45) is 0 Å². The fourth-order valence-electron chi connectivity index (χ4n) is 1.04. The number of pyridine rings is 1. The molecule has 0 aliphatic heterocycles. The maximum atomic E-state index is 11.3. The van der Waals surface area contributed by atoms with Crippen molar-refractivity contribution in [2.45, 2.75) is 20.3 Å². The summed E-state index contributed by atoms with van der Waals surface area (Å²) in [6, 6.07) is 3.25. The first kappa shape index (κ1) is 11.0. The Balaban J connectivity index is 2.96. The summed E-state index contributed by atoms with van der Waals surface area (Å²) in [5, 5.41) is 0.514. The van der Waals surface area contributed by atoms with E-state index in [1.165, 1.54) is 6.07 Å². The second kappa shape index (κ2) is 4.96. The van der Waals surface area contributed by atoms with Crippen LogP contribution in [0, 0.1) is 0 Å². The van der Waals surface area contributed by atoms with Crippen LogP contribution in [0.3, 0.4) is 0 Å². The summed E-state index contributed by atoms with van der Waals surface area (Å²) in [4.78, 5) is 15.4. The number of carbonyl (C=O) groups excluding carboxylic acids is 1. The Hall–Kier alpha value is -1.09. The quantitative estimate of drug-likeness (QED) is 0.725.